The minimum absolute atomic E-state index is 0.289. The lowest BCUT2D eigenvalue weighted by Crippen LogP contribution is -2.24. The Morgan fingerprint density at radius 1 is 1.60 bits per heavy atom. The predicted molar refractivity (Wildman–Crippen MR) is 41.9 cm³/mol. The molecule has 0 radical (unpaired) electrons. The Hall–Kier alpha value is -0.0800. The molecule has 60 valence electrons. The monoisotopic (exact) mass is 143 g/mol. The molecule has 10 heavy (non-hydrogen) atoms. The van der Waals surface area contributed by atoms with Gasteiger partial charge < -0.3 is 10.0 Å². The van der Waals surface area contributed by atoms with Gasteiger partial charge in [0.2, 0.25) is 0 Å². The first kappa shape index (κ1) is 8.02. The number of rotatable bonds is 4. The topological polar surface area (TPSA) is 23.5 Å². The summed E-state index contributed by atoms with van der Waals surface area (Å²) < 4.78 is 0. The van der Waals surface area contributed by atoms with Crippen LogP contribution in [0.3, 0.4) is 0 Å². The molecular formula is C8H17NO. The van der Waals surface area contributed by atoms with Crippen molar-refractivity contribution in [1.29, 1.82) is 0 Å². The zero-order chi connectivity index (χ0) is 7.56. The predicted octanol–water partition coefficient (Wildman–Crippen LogP) is 0.567. The van der Waals surface area contributed by atoms with Gasteiger partial charge in [0.25, 0.3) is 0 Å². The number of aliphatic hydroxyl groups excluding tert-OH is 1. The third-order valence-corrected chi connectivity index (χ3v) is 2.30. The van der Waals surface area contributed by atoms with E-state index in [2.05, 4.69) is 18.9 Å². The molecule has 1 fully saturated rings. The lowest BCUT2D eigenvalue weighted by molar-refractivity contribution is 0.215. The van der Waals surface area contributed by atoms with Crippen LogP contribution >= 0.6 is 0 Å². The molecule has 1 aliphatic rings. The van der Waals surface area contributed by atoms with Gasteiger partial charge in [0.1, 0.15) is 0 Å². The van der Waals surface area contributed by atoms with Crippen LogP contribution in [0.1, 0.15) is 13.3 Å². The van der Waals surface area contributed by atoms with Crippen LogP contribution in [0, 0.1) is 11.8 Å². The Labute approximate surface area is 62.8 Å². The van der Waals surface area contributed by atoms with Gasteiger partial charge in [0.15, 0.2) is 0 Å². The van der Waals surface area contributed by atoms with Crippen molar-refractivity contribution in [3.8, 4) is 0 Å². The maximum Gasteiger partial charge on any atom is 0.0558 e. The van der Waals surface area contributed by atoms with Crippen LogP contribution in [0.5, 0.6) is 0 Å². The lowest BCUT2D eigenvalue weighted by Gasteiger charge is -2.13. The Balaban J connectivity index is 2.01. The molecule has 0 bridgehead atoms. The highest BCUT2D eigenvalue weighted by molar-refractivity contribution is 4.84. The van der Waals surface area contributed by atoms with E-state index in [1.54, 1.807) is 0 Å². The summed E-state index contributed by atoms with van der Waals surface area (Å²) in [4.78, 5) is 2.20. The Morgan fingerprint density at radius 3 is 2.60 bits per heavy atom. The minimum atomic E-state index is 0.289. The molecule has 2 unspecified atom stereocenters. The summed E-state index contributed by atoms with van der Waals surface area (Å²) in [6, 6.07) is 0. The first-order valence-electron chi connectivity index (χ1n) is 4.03. The lowest BCUT2D eigenvalue weighted by atomic mass is 10.3. The van der Waals surface area contributed by atoms with E-state index < -0.39 is 0 Å². The summed E-state index contributed by atoms with van der Waals surface area (Å²) in [5.41, 5.74) is 0. The molecule has 0 aromatic carbocycles. The fourth-order valence-electron chi connectivity index (χ4n) is 1.32. The second-order valence-electron chi connectivity index (χ2n) is 3.46. The Kier molecular flexibility index (Phi) is 2.69. The molecule has 0 aromatic rings. The zero-order valence-electron chi connectivity index (χ0n) is 6.88. The fourth-order valence-corrected chi connectivity index (χ4v) is 1.32. The number of likely N-dealkylation sites (N-methyl/N-ethyl adjacent to an activating group) is 1. The van der Waals surface area contributed by atoms with Gasteiger partial charge in [0.05, 0.1) is 6.61 Å². The first-order chi connectivity index (χ1) is 4.74. The maximum absolute atomic E-state index is 8.59. The maximum atomic E-state index is 8.59. The average molecular weight is 143 g/mol. The molecule has 1 saturated carbocycles. The van der Waals surface area contributed by atoms with Gasteiger partial charge in [-0.25, -0.2) is 0 Å². The van der Waals surface area contributed by atoms with Crippen molar-refractivity contribution < 1.29 is 5.11 Å². The normalized spacial score (nSPS) is 31.2. The van der Waals surface area contributed by atoms with Gasteiger partial charge in [-0.2, -0.15) is 0 Å². The molecule has 2 nitrogen and oxygen atoms in total. The van der Waals surface area contributed by atoms with Gasteiger partial charge in [-0.05, 0) is 25.3 Å². The SMILES string of the molecule is CC1CC1CN(C)CCO. The van der Waals surface area contributed by atoms with Gasteiger partial charge >= 0.3 is 0 Å². The summed E-state index contributed by atoms with van der Waals surface area (Å²) in [5.74, 6) is 1.85. The van der Waals surface area contributed by atoms with E-state index in [1.807, 2.05) is 0 Å². The van der Waals surface area contributed by atoms with Gasteiger partial charge in [-0.3, -0.25) is 0 Å². The van der Waals surface area contributed by atoms with E-state index in [0.29, 0.717) is 0 Å². The summed E-state index contributed by atoms with van der Waals surface area (Å²) in [5, 5.41) is 8.59. The van der Waals surface area contributed by atoms with Crippen molar-refractivity contribution in [3.05, 3.63) is 0 Å². The van der Waals surface area contributed by atoms with Crippen molar-refractivity contribution in [3.63, 3.8) is 0 Å². The second kappa shape index (κ2) is 3.35. The largest absolute Gasteiger partial charge is 0.395 e. The summed E-state index contributed by atoms with van der Waals surface area (Å²) >= 11 is 0. The third-order valence-electron chi connectivity index (χ3n) is 2.30. The highest BCUT2D eigenvalue weighted by Crippen LogP contribution is 2.37. The molecule has 2 atom stereocenters. The Bertz CT molecular complexity index is 105. The van der Waals surface area contributed by atoms with E-state index >= 15 is 0 Å². The number of aliphatic hydroxyl groups is 1. The number of hydrogen-bond donors (Lipinski definition) is 1. The van der Waals surface area contributed by atoms with Gasteiger partial charge in [0, 0.05) is 13.1 Å². The molecule has 0 saturated heterocycles. The molecule has 2 heteroatoms. The van der Waals surface area contributed by atoms with Crippen LogP contribution in [0.2, 0.25) is 0 Å². The molecule has 1 rings (SSSR count). The Morgan fingerprint density at radius 2 is 2.20 bits per heavy atom. The quantitative estimate of drug-likeness (QED) is 0.622. The van der Waals surface area contributed by atoms with E-state index in [1.165, 1.54) is 13.0 Å². The van der Waals surface area contributed by atoms with Crippen LogP contribution in [0.15, 0.2) is 0 Å². The summed E-state index contributed by atoms with van der Waals surface area (Å²) in [6.45, 7) is 4.57. The van der Waals surface area contributed by atoms with Crippen molar-refractivity contribution in [2.24, 2.45) is 11.8 Å². The zero-order valence-corrected chi connectivity index (χ0v) is 6.88. The number of hydrogen-bond acceptors (Lipinski definition) is 2. The molecule has 0 aromatic heterocycles. The van der Waals surface area contributed by atoms with Crippen molar-refractivity contribution in [2.75, 3.05) is 26.7 Å². The molecular weight excluding hydrogens is 126 g/mol. The van der Waals surface area contributed by atoms with Crippen LogP contribution in [0.25, 0.3) is 0 Å². The highest BCUT2D eigenvalue weighted by atomic mass is 16.3. The van der Waals surface area contributed by atoms with Crippen molar-refractivity contribution in [1.82, 2.24) is 4.90 Å². The fraction of sp³-hybridized carbons (Fsp3) is 1.00. The summed E-state index contributed by atoms with van der Waals surface area (Å²) in [6.07, 6.45) is 1.38. The van der Waals surface area contributed by atoms with Crippen LogP contribution < -0.4 is 0 Å². The van der Waals surface area contributed by atoms with E-state index in [4.69, 9.17) is 5.11 Å². The second-order valence-corrected chi connectivity index (χ2v) is 3.46. The van der Waals surface area contributed by atoms with Crippen LogP contribution in [0.4, 0.5) is 0 Å². The van der Waals surface area contributed by atoms with Gasteiger partial charge in [-0.1, -0.05) is 6.92 Å². The molecule has 0 heterocycles. The van der Waals surface area contributed by atoms with Crippen LogP contribution in [-0.4, -0.2) is 36.8 Å². The van der Waals surface area contributed by atoms with Crippen LogP contribution in [-0.2, 0) is 0 Å². The standard InChI is InChI=1S/C8H17NO/c1-7-5-8(7)6-9(2)3-4-10/h7-8,10H,3-6H2,1-2H3. The smallest absolute Gasteiger partial charge is 0.0558 e. The molecule has 1 aliphatic carbocycles. The molecule has 1 N–H and O–H groups in total. The van der Waals surface area contributed by atoms with Crippen molar-refractivity contribution in [2.45, 2.75) is 13.3 Å². The van der Waals surface area contributed by atoms with E-state index in [9.17, 15) is 0 Å². The molecule has 0 amide bonds. The van der Waals surface area contributed by atoms with E-state index in [-0.39, 0.29) is 6.61 Å². The average Bonchev–Trinajstić information content (AvgIpc) is 2.47. The summed E-state index contributed by atoms with van der Waals surface area (Å²) in [7, 11) is 2.07. The molecule has 0 aliphatic heterocycles. The van der Waals surface area contributed by atoms with Crippen molar-refractivity contribution >= 4 is 0 Å². The first-order valence-corrected chi connectivity index (χ1v) is 4.03. The highest BCUT2D eigenvalue weighted by Gasteiger charge is 2.32. The number of nitrogens with zero attached hydrogens (tertiary/aromatic N) is 1. The van der Waals surface area contributed by atoms with E-state index in [0.717, 1.165) is 18.4 Å². The minimum Gasteiger partial charge on any atom is -0.395 e. The van der Waals surface area contributed by atoms with Gasteiger partial charge in [-0.15, -0.1) is 0 Å². The third kappa shape index (κ3) is 2.27. The molecule has 0 spiro atoms.